The number of sulfonamides is 1. The number of ether oxygens (including phenoxy) is 2. The molecule has 1 heterocycles. The zero-order valence-electron chi connectivity index (χ0n) is 16.3. The number of anilines is 2. The molecule has 0 spiro atoms. The molecule has 0 unspecified atom stereocenters. The van der Waals surface area contributed by atoms with Crippen molar-refractivity contribution in [2.75, 3.05) is 29.4 Å². The van der Waals surface area contributed by atoms with E-state index in [9.17, 15) is 17.6 Å². The molecule has 1 amide bonds. The Morgan fingerprint density at radius 2 is 1.61 bits per heavy atom. The lowest BCUT2D eigenvalue weighted by Crippen LogP contribution is -2.38. The van der Waals surface area contributed by atoms with Gasteiger partial charge in [-0.05, 0) is 48.5 Å². The lowest BCUT2D eigenvalue weighted by molar-refractivity contribution is -0.114. The highest BCUT2D eigenvalue weighted by molar-refractivity contribution is 7.92. The van der Waals surface area contributed by atoms with Gasteiger partial charge in [-0.1, -0.05) is 18.2 Å². The number of benzene rings is 3. The highest BCUT2D eigenvalue weighted by Gasteiger charge is 2.27. The molecule has 7 nitrogen and oxygen atoms in total. The molecule has 0 saturated carbocycles. The van der Waals surface area contributed by atoms with Crippen LogP contribution in [-0.2, 0) is 14.8 Å². The number of carbonyl (C=O) groups excluding carboxylic acids is 1. The molecular formula is C22H19FN2O5S. The van der Waals surface area contributed by atoms with Gasteiger partial charge in [0.2, 0.25) is 5.91 Å². The molecule has 9 heteroatoms. The smallest absolute Gasteiger partial charge is 0.264 e. The molecule has 3 aromatic rings. The van der Waals surface area contributed by atoms with Crippen molar-refractivity contribution < 1.29 is 27.1 Å². The number of fused-ring (bicyclic) bond motifs is 1. The Bertz CT molecular complexity index is 1180. The van der Waals surface area contributed by atoms with Crippen LogP contribution in [-0.4, -0.2) is 34.1 Å². The van der Waals surface area contributed by atoms with E-state index in [4.69, 9.17) is 9.47 Å². The predicted octanol–water partition coefficient (Wildman–Crippen LogP) is 3.43. The first-order valence-corrected chi connectivity index (χ1v) is 10.9. The molecule has 31 heavy (non-hydrogen) atoms. The Balaban J connectivity index is 1.59. The summed E-state index contributed by atoms with van der Waals surface area (Å²) in [6, 6.07) is 17.6. The van der Waals surface area contributed by atoms with E-state index in [0.717, 1.165) is 16.4 Å². The summed E-state index contributed by atoms with van der Waals surface area (Å²) < 4.78 is 51.6. The maximum Gasteiger partial charge on any atom is 0.264 e. The molecule has 0 saturated heterocycles. The monoisotopic (exact) mass is 442 g/mol. The molecule has 160 valence electrons. The van der Waals surface area contributed by atoms with Gasteiger partial charge in [0.25, 0.3) is 10.0 Å². The minimum absolute atomic E-state index is 0.120. The van der Waals surface area contributed by atoms with Crippen LogP contribution in [0.2, 0.25) is 0 Å². The third-order valence-corrected chi connectivity index (χ3v) is 6.35. The summed E-state index contributed by atoms with van der Waals surface area (Å²) >= 11 is 0. The first-order valence-electron chi connectivity index (χ1n) is 9.46. The molecule has 1 N–H and O–H groups in total. The zero-order chi connectivity index (χ0) is 21.8. The van der Waals surface area contributed by atoms with Gasteiger partial charge in [0.15, 0.2) is 11.5 Å². The van der Waals surface area contributed by atoms with Gasteiger partial charge < -0.3 is 14.8 Å². The topological polar surface area (TPSA) is 84.9 Å². The van der Waals surface area contributed by atoms with Crippen molar-refractivity contribution in [2.24, 2.45) is 0 Å². The van der Waals surface area contributed by atoms with Gasteiger partial charge in [0.05, 0.1) is 10.6 Å². The van der Waals surface area contributed by atoms with E-state index in [2.05, 4.69) is 5.32 Å². The van der Waals surface area contributed by atoms with Crippen molar-refractivity contribution in [3.63, 3.8) is 0 Å². The van der Waals surface area contributed by atoms with Crippen molar-refractivity contribution >= 4 is 27.3 Å². The Hall–Kier alpha value is -3.59. The molecule has 3 aromatic carbocycles. The van der Waals surface area contributed by atoms with E-state index in [-0.39, 0.29) is 4.90 Å². The Kier molecular flexibility index (Phi) is 5.77. The van der Waals surface area contributed by atoms with Crippen LogP contribution >= 0.6 is 0 Å². The van der Waals surface area contributed by atoms with Gasteiger partial charge in [-0.2, -0.15) is 0 Å². The molecule has 0 atom stereocenters. The first-order chi connectivity index (χ1) is 14.9. The fourth-order valence-electron chi connectivity index (χ4n) is 3.10. The molecule has 0 aliphatic carbocycles. The molecule has 0 aromatic heterocycles. The second-order valence-corrected chi connectivity index (χ2v) is 8.57. The second-order valence-electron chi connectivity index (χ2n) is 6.71. The van der Waals surface area contributed by atoms with Crippen LogP contribution in [0.1, 0.15) is 0 Å². The van der Waals surface area contributed by atoms with Gasteiger partial charge >= 0.3 is 0 Å². The zero-order valence-corrected chi connectivity index (χ0v) is 17.1. The SMILES string of the molecule is O=C(CN(c1ccccc1)S(=O)(=O)c1ccc(F)cc1)Nc1ccc2c(c1)OCCO2. The largest absolute Gasteiger partial charge is 0.486 e. The van der Waals surface area contributed by atoms with Crippen LogP contribution in [0.5, 0.6) is 11.5 Å². The van der Waals surface area contributed by atoms with E-state index in [1.807, 2.05) is 0 Å². The molecule has 1 aliphatic heterocycles. The molecule has 0 bridgehead atoms. The average Bonchev–Trinajstić information content (AvgIpc) is 2.78. The summed E-state index contributed by atoms with van der Waals surface area (Å²) in [4.78, 5) is 12.6. The van der Waals surface area contributed by atoms with Crippen molar-refractivity contribution in [3.05, 3.63) is 78.6 Å². The highest BCUT2D eigenvalue weighted by atomic mass is 32.2. The van der Waals surface area contributed by atoms with E-state index < -0.39 is 28.3 Å². The minimum Gasteiger partial charge on any atom is -0.486 e. The maximum atomic E-state index is 13.3. The Morgan fingerprint density at radius 1 is 0.935 bits per heavy atom. The quantitative estimate of drug-likeness (QED) is 0.632. The number of para-hydroxylation sites is 1. The number of amides is 1. The van der Waals surface area contributed by atoms with E-state index in [0.29, 0.717) is 36.1 Å². The normalized spacial score (nSPS) is 12.8. The second kappa shape index (κ2) is 8.65. The molecular weight excluding hydrogens is 423 g/mol. The predicted molar refractivity (Wildman–Crippen MR) is 113 cm³/mol. The number of halogens is 1. The third-order valence-electron chi connectivity index (χ3n) is 4.56. The molecule has 1 aliphatic rings. The van der Waals surface area contributed by atoms with E-state index >= 15 is 0 Å². The van der Waals surface area contributed by atoms with Crippen LogP contribution in [0.4, 0.5) is 15.8 Å². The van der Waals surface area contributed by atoms with Gasteiger partial charge in [-0.3, -0.25) is 9.10 Å². The number of rotatable bonds is 6. The van der Waals surface area contributed by atoms with E-state index in [1.165, 1.54) is 12.1 Å². The number of hydrogen-bond acceptors (Lipinski definition) is 5. The average molecular weight is 442 g/mol. The number of carbonyl (C=O) groups is 1. The lowest BCUT2D eigenvalue weighted by atomic mass is 10.2. The summed E-state index contributed by atoms with van der Waals surface area (Å²) in [5, 5.41) is 2.68. The van der Waals surface area contributed by atoms with Crippen molar-refractivity contribution in [3.8, 4) is 11.5 Å². The summed E-state index contributed by atoms with van der Waals surface area (Å²) in [6.07, 6.45) is 0. The lowest BCUT2D eigenvalue weighted by Gasteiger charge is -2.24. The van der Waals surface area contributed by atoms with Gasteiger partial charge in [-0.15, -0.1) is 0 Å². The fourth-order valence-corrected chi connectivity index (χ4v) is 4.52. The standard InChI is InChI=1S/C22H19FN2O5S/c23-16-6-9-19(10-7-16)31(27,28)25(18-4-2-1-3-5-18)15-22(26)24-17-8-11-20-21(14-17)30-13-12-29-20/h1-11,14H,12-13,15H2,(H,24,26). The maximum absolute atomic E-state index is 13.3. The van der Waals surface area contributed by atoms with Crippen LogP contribution < -0.4 is 19.1 Å². The van der Waals surface area contributed by atoms with Crippen LogP contribution in [0.15, 0.2) is 77.7 Å². The molecule has 0 radical (unpaired) electrons. The van der Waals surface area contributed by atoms with Gasteiger partial charge in [-0.25, -0.2) is 12.8 Å². The van der Waals surface area contributed by atoms with Gasteiger partial charge in [0.1, 0.15) is 25.6 Å². The van der Waals surface area contributed by atoms with Crippen molar-refractivity contribution in [2.45, 2.75) is 4.90 Å². The fraction of sp³-hybridized carbons (Fsp3) is 0.136. The summed E-state index contributed by atoms with van der Waals surface area (Å²) in [5.74, 6) is -0.0234. The minimum atomic E-state index is -4.11. The van der Waals surface area contributed by atoms with Crippen LogP contribution in [0.25, 0.3) is 0 Å². The molecule has 4 rings (SSSR count). The van der Waals surface area contributed by atoms with Crippen LogP contribution in [0, 0.1) is 5.82 Å². The summed E-state index contributed by atoms with van der Waals surface area (Å²) in [7, 11) is -4.11. The van der Waals surface area contributed by atoms with Crippen molar-refractivity contribution in [1.82, 2.24) is 0 Å². The van der Waals surface area contributed by atoms with Gasteiger partial charge in [0, 0.05) is 11.8 Å². The number of hydrogen-bond donors (Lipinski definition) is 1. The first kappa shape index (κ1) is 20.7. The van der Waals surface area contributed by atoms with E-state index in [1.54, 1.807) is 48.5 Å². The summed E-state index contributed by atoms with van der Waals surface area (Å²) in [5.41, 5.74) is 0.755. The number of nitrogens with one attached hydrogen (secondary N) is 1. The Labute approximate surface area is 179 Å². The number of nitrogens with zero attached hydrogens (tertiary/aromatic N) is 1. The Morgan fingerprint density at radius 3 is 2.32 bits per heavy atom. The molecule has 0 fully saturated rings. The van der Waals surface area contributed by atoms with Crippen LogP contribution in [0.3, 0.4) is 0 Å². The van der Waals surface area contributed by atoms with Crippen molar-refractivity contribution in [1.29, 1.82) is 0 Å². The highest BCUT2D eigenvalue weighted by Crippen LogP contribution is 2.32. The summed E-state index contributed by atoms with van der Waals surface area (Å²) in [6.45, 7) is 0.381. The third kappa shape index (κ3) is 4.61.